The number of urea groups is 1. The third kappa shape index (κ3) is 5.82. The van der Waals surface area contributed by atoms with Crippen LogP contribution in [0.2, 0.25) is 0 Å². The van der Waals surface area contributed by atoms with Crippen LogP contribution in [0.25, 0.3) is 0 Å². The number of hydrogen-bond acceptors (Lipinski definition) is 6. The minimum atomic E-state index is -3.51. The summed E-state index contributed by atoms with van der Waals surface area (Å²) in [5.74, 6) is -0.476. The Kier molecular flexibility index (Phi) is 7.61. The van der Waals surface area contributed by atoms with Crippen molar-refractivity contribution >= 4 is 33.7 Å². The Bertz CT molecular complexity index is 744. The molecule has 0 aliphatic carbocycles. The fourth-order valence-corrected chi connectivity index (χ4v) is 4.48. The van der Waals surface area contributed by atoms with Gasteiger partial charge in [0, 0.05) is 25.8 Å². The van der Waals surface area contributed by atoms with Gasteiger partial charge in [0.05, 0.1) is 10.8 Å². The first-order valence-corrected chi connectivity index (χ1v) is 10.6. The lowest BCUT2D eigenvalue weighted by molar-refractivity contribution is -0.117. The maximum absolute atomic E-state index is 12.5. The third-order valence-electron chi connectivity index (χ3n) is 3.67. The van der Waals surface area contributed by atoms with Crippen molar-refractivity contribution in [1.29, 1.82) is 0 Å². The molecule has 8 nitrogen and oxygen atoms in total. The van der Waals surface area contributed by atoms with Gasteiger partial charge in [0.25, 0.3) is 0 Å². The summed E-state index contributed by atoms with van der Waals surface area (Å²) in [7, 11) is -3.51. The van der Waals surface area contributed by atoms with Gasteiger partial charge in [-0.15, -0.1) is 6.58 Å². The molecular weight excluding hydrogens is 376 g/mol. The second-order valence-electron chi connectivity index (χ2n) is 5.63. The number of amides is 3. The van der Waals surface area contributed by atoms with Crippen LogP contribution in [0.5, 0.6) is 0 Å². The number of carbonyl (C=O) groups is 2. The summed E-state index contributed by atoms with van der Waals surface area (Å²) in [4.78, 5) is 27.3. The molecule has 0 saturated carbocycles. The van der Waals surface area contributed by atoms with E-state index in [9.17, 15) is 18.0 Å². The molecule has 1 aliphatic rings. The number of carbonyl (C=O) groups excluding carboxylic acids is 2. The molecule has 142 valence electrons. The van der Waals surface area contributed by atoms with E-state index in [1.54, 1.807) is 6.07 Å². The van der Waals surface area contributed by atoms with Crippen molar-refractivity contribution in [2.24, 2.45) is 0 Å². The van der Waals surface area contributed by atoms with Gasteiger partial charge >= 0.3 is 6.03 Å². The van der Waals surface area contributed by atoms with Crippen molar-refractivity contribution in [3.8, 4) is 0 Å². The smallest absolute Gasteiger partial charge is 0.321 e. The summed E-state index contributed by atoms with van der Waals surface area (Å²) in [5, 5.41) is 5.11. The van der Waals surface area contributed by atoms with Gasteiger partial charge in [-0.2, -0.15) is 4.31 Å². The summed E-state index contributed by atoms with van der Waals surface area (Å²) < 4.78 is 26.6. The van der Waals surface area contributed by atoms with Crippen molar-refractivity contribution in [2.75, 3.05) is 25.4 Å². The highest BCUT2D eigenvalue weighted by atomic mass is 32.2. The number of nitrogens with zero attached hydrogens (tertiary/aromatic N) is 2. The minimum absolute atomic E-state index is 0.00721. The van der Waals surface area contributed by atoms with Crippen LogP contribution in [0.15, 0.2) is 40.9 Å². The first kappa shape index (κ1) is 20.4. The number of hydrogen-bond donors (Lipinski definition) is 2. The molecule has 2 N–H and O–H groups in total. The zero-order valence-electron chi connectivity index (χ0n) is 14.3. The molecule has 26 heavy (non-hydrogen) atoms. The zero-order valence-corrected chi connectivity index (χ0v) is 15.9. The van der Waals surface area contributed by atoms with Crippen molar-refractivity contribution < 1.29 is 18.0 Å². The van der Waals surface area contributed by atoms with Gasteiger partial charge in [0.15, 0.2) is 0 Å². The van der Waals surface area contributed by atoms with Crippen molar-refractivity contribution in [3.05, 3.63) is 31.0 Å². The molecule has 0 atom stereocenters. The van der Waals surface area contributed by atoms with Gasteiger partial charge < -0.3 is 5.32 Å². The summed E-state index contributed by atoms with van der Waals surface area (Å²) in [6, 6.07) is 2.46. The van der Waals surface area contributed by atoms with Crippen LogP contribution >= 0.6 is 11.8 Å². The van der Waals surface area contributed by atoms with Gasteiger partial charge in [0.1, 0.15) is 4.90 Å². The molecule has 0 spiro atoms. The van der Waals surface area contributed by atoms with Crippen LogP contribution in [0.1, 0.15) is 19.3 Å². The molecule has 0 radical (unpaired) electrons. The average Bonchev–Trinajstić information content (AvgIpc) is 2.65. The lowest BCUT2D eigenvalue weighted by atomic mass is 10.2. The fourth-order valence-electron chi connectivity index (χ4n) is 2.37. The standard InChI is InChI=1S/C16H22N4O4S2/c1-2-8-17-16(22)19-14(21)12-25-15-7-6-13(11-18-15)26(23,24)20-9-4-3-5-10-20/h2,6-7,11H,1,3-5,8-10,12H2,(H2,17,19,21,22). The predicted molar refractivity (Wildman–Crippen MR) is 99.3 cm³/mol. The van der Waals surface area contributed by atoms with Crippen LogP contribution in [0.3, 0.4) is 0 Å². The van der Waals surface area contributed by atoms with Crippen LogP contribution < -0.4 is 10.6 Å². The number of aromatic nitrogens is 1. The maximum atomic E-state index is 12.5. The Morgan fingerprint density at radius 1 is 1.27 bits per heavy atom. The molecule has 0 aromatic carbocycles. The van der Waals surface area contributed by atoms with E-state index in [0.717, 1.165) is 31.0 Å². The van der Waals surface area contributed by atoms with E-state index in [4.69, 9.17) is 0 Å². The Labute approximate surface area is 157 Å². The summed E-state index contributed by atoms with van der Waals surface area (Å²) in [5.41, 5.74) is 0. The number of pyridine rings is 1. The number of rotatable bonds is 7. The fraction of sp³-hybridized carbons (Fsp3) is 0.438. The predicted octanol–water partition coefficient (Wildman–Crippen LogP) is 1.36. The molecule has 3 amide bonds. The average molecular weight is 399 g/mol. The highest BCUT2D eigenvalue weighted by Gasteiger charge is 2.26. The molecule has 1 saturated heterocycles. The largest absolute Gasteiger partial charge is 0.334 e. The van der Waals surface area contributed by atoms with Crippen molar-refractivity contribution in [3.63, 3.8) is 0 Å². The number of sulfonamides is 1. The van der Waals surface area contributed by atoms with Crippen LogP contribution in [-0.2, 0) is 14.8 Å². The monoisotopic (exact) mass is 398 g/mol. The van der Waals surface area contributed by atoms with E-state index >= 15 is 0 Å². The molecule has 1 aliphatic heterocycles. The first-order valence-electron chi connectivity index (χ1n) is 8.21. The first-order chi connectivity index (χ1) is 12.4. The Balaban J connectivity index is 1.88. The van der Waals surface area contributed by atoms with E-state index in [1.165, 1.54) is 22.6 Å². The third-order valence-corrected chi connectivity index (χ3v) is 6.50. The summed E-state index contributed by atoms with van der Waals surface area (Å²) in [6.45, 7) is 4.79. The normalized spacial score (nSPS) is 15.2. The molecule has 1 aromatic rings. The second-order valence-corrected chi connectivity index (χ2v) is 8.57. The van der Waals surface area contributed by atoms with Gasteiger partial charge in [-0.25, -0.2) is 18.2 Å². The minimum Gasteiger partial charge on any atom is -0.334 e. The molecule has 0 unspecified atom stereocenters. The van der Waals surface area contributed by atoms with Gasteiger partial charge in [-0.05, 0) is 25.0 Å². The highest BCUT2D eigenvalue weighted by Crippen LogP contribution is 2.22. The van der Waals surface area contributed by atoms with Crippen LogP contribution in [0.4, 0.5) is 4.79 Å². The number of imide groups is 1. The van der Waals surface area contributed by atoms with E-state index in [1.807, 2.05) is 0 Å². The van der Waals surface area contributed by atoms with Gasteiger partial charge in [-0.1, -0.05) is 24.3 Å². The van der Waals surface area contributed by atoms with Crippen molar-refractivity contribution in [2.45, 2.75) is 29.2 Å². The molecular formula is C16H22N4O4S2. The van der Waals surface area contributed by atoms with E-state index < -0.39 is 22.0 Å². The van der Waals surface area contributed by atoms with Crippen LogP contribution in [-0.4, -0.2) is 55.0 Å². The number of piperidine rings is 1. The van der Waals surface area contributed by atoms with E-state index in [2.05, 4.69) is 22.2 Å². The SMILES string of the molecule is C=CCNC(=O)NC(=O)CSc1ccc(S(=O)(=O)N2CCCCC2)cn1. The topological polar surface area (TPSA) is 108 Å². The van der Waals surface area contributed by atoms with Crippen LogP contribution in [0, 0.1) is 0 Å². The van der Waals surface area contributed by atoms with Crippen molar-refractivity contribution in [1.82, 2.24) is 19.9 Å². The van der Waals surface area contributed by atoms with Gasteiger partial charge in [-0.3, -0.25) is 10.1 Å². The highest BCUT2D eigenvalue weighted by molar-refractivity contribution is 7.99. The Hall–Kier alpha value is -1.91. The Morgan fingerprint density at radius 2 is 2.00 bits per heavy atom. The molecule has 0 bridgehead atoms. The summed E-state index contributed by atoms with van der Waals surface area (Å²) >= 11 is 1.12. The second kappa shape index (κ2) is 9.70. The molecule has 2 heterocycles. The molecule has 1 aromatic heterocycles. The van der Waals surface area contributed by atoms with E-state index in [0.29, 0.717) is 18.1 Å². The number of thioether (sulfide) groups is 1. The quantitative estimate of drug-likeness (QED) is 0.530. The summed E-state index contributed by atoms with van der Waals surface area (Å²) in [6.07, 6.45) is 5.60. The molecule has 10 heteroatoms. The molecule has 2 rings (SSSR count). The lowest BCUT2D eigenvalue weighted by Crippen LogP contribution is -2.40. The molecule has 1 fully saturated rings. The lowest BCUT2D eigenvalue weighted by Gasteiger charge is -2.25. The van der Waals surface area contributed by atoms with Gasteiger partial charge in [0.2, 0.25) is 15.9 Å². The maximum Gasteiger partial charge on any atom is 0.321 e. The number of nitrogens with one attached hydrogen (secondary N) is 2. The van der Waals surface area contributed by atoms with E-state index in [-0.39, 0.29) is 17.2 Å². The Morgan fingerprint density at radius 3 is 2.62 bits per heavy atom. The zero-order chi connectivity index (χ0) is 19.0.